The second-order valence-electron chi connectivity index (χ2n) is 7.77. The summed E-state index contributed by atoms with van der Waals surface area (Å²) >= 11 is 34.9. The molecule has 0 saturated heterocycles. The number of aromatic nitrogens is 3. The molecule has 0 radical (unpaired) electrons. The van der Waals surface area contributed by atoms with Crippen LogP contribution >= 0.6 is 69.6 Å². The Hall–Kier alpha value is -1.72. The molecule has 3 aromatic heterocycles. The molecule has 0 bridgehead atoms. The molecule has 0 aliphatic rings. The Kier molecular flexibility index (Phi) is 11.8. The van der Waals surface area contributed by atoms with Gasteiger partial charge in [-0.2, -0.15) is 0 Å². The van der Waals surface area contributed by atoms with E-state index in [1.54, 1.807) is 55.0 Å². The SMILES string of the molecule is Oc1c(Cl)cc(Cl)c2cccnc12.Oc1c(Cl)cc(Cl)c2cccnc12.Oc1c(Cl)cc(Cl)c2cccnc12.[Er]. The van der Waals surface area contributed by atoms with Gasteiger partial charge in [0.2, 0.25) is 0 Å². The average Bonchev–Trinajstić information content (AvgIpc) is 2.94. The second-order valence-corrected chi connectivity index (χ2v) is 10.2. The number of hydrogen-bond donors (Lipinski definition) is 3. The summed E-state index contributed by atoms with van der Waals surface area (Å²) in [6.07, 6.45) is 4.73. The number of halogens is 6. The molecule has 210 valence electrons. The van der Waals surface area contributed by atoms with Crippen molar-refractivity contribution < 1.29 is 52.6 Å². The van der Waals surface area contributed by atoms with E-state index in [9.17, 15) is 15.3 Å². The van der Waals surface area contributed by atoms with E-state index >= 15 is 0 Å². The van der Waals surface area contributed by atoms with Gasteiger partial charge in [-0.1, -0.05) is 69.6 Å². The molecular formula is C27H15Cl6ErN3O3. The molecule has 13 heteroatoms. The van der Waals surface area contributed by atoms with Gasteiger partial charge < -0.3 is 15.3 Å². The summed E-state index contributed by atoms with van der Waals surface area (Å²) in [4.78, 5) is 12.0. The van der Waals surface area contributed by atoms with Crippen LogP contribution in [0.2, 0.25) is 30.1 Å². The molecule has 0 aliphatic heterocycles. The van der Waals surface area contributed by atoms with Crippen molar-refractivity contribution in [1.29, 1.82) is 0 Å². The molecular weight excluding hydrogens is 794 g/mol. The van der Waals surface area contributed by atoms with E-state index in [1.807, 2.05) is 0 Å². The molecule has 6 nitrogen and oxygen atoms in total. The number of fused-ring (bicyclic) bond motifs is 3. The first-order valence-electron chi connectivity index (χ1n) is 10.8. The van der Waals surface area contributed by atoms with Gasteiger partial charge in [0.15, 0.2) is 17.2 Å². The Bertz CT molecular complexity index is 1630. The summed E-state index contributed by atoms with van der Waals surface area (Å²) in [7, 11) is 0. The standard InChI is InChI=1S/3C9H5Cl2NO.Er/c3*10-6-4-7(11)9(13)8-5(6)2-1-3-12-8;/h3*1-4,13H;. The first-order chi connectivity index (χ1) is 18.6. The molecule has 3 heterocycles. The maximum absolute atomic E-state index is 9.53. The molecule has 0 amide bonds. The predicted octanol–water partition coefficient (Wildman–Crippen LogP) is 9.74. The van der Waals surface area contributed by atoms with Crippen molar-refractivity contribution in [2.45, 2.75) is 0 Å². The monoisotopic (exact) mass is 805 g/mol. The summed E-state index contributed by atoms with van der Waals surface area (Å²) in [5.74, 6) is -0.0787. The summed E-state index contributed by atoms with van der Waals surface area (Å²) in [6.45, 7) is 0. The topological polar surface area (TPSA) is 99.4 Å². The zero-order chi connectivity index (χ0) is 28.3. The number of hydrogen-bond acceptors (Lipinski definition) is 6. The number of benzene rings is 3. The van der Waals surface area contributed by atoms with Gasteiger partial charge in [-0.25, -0.2) is 0 Å². The molecule has 0 fully saturated rings. The third kappa shape index (κ3) is 7.18. The Labute approximate surface area is 287 Å². The third-order valence-electron chi connectivity index (χ3n) is 5.31. The second kappa shape index (κ2) is 14.4. The van der Waals surface area contributed by atoms with E-state index < -0.39 is 0 Å². The van der Waals surface area contributed by atoms with Gasteiger partial charge in [0, 0.05) is 72.1 Å². The van der Waals surface area contributed by atoms with E-state index in [1.165, 1.54) is 18.2 Å². The van der Waals surface area contributed by atoms with E-state index in [2.05, 4.69) is 15.0 Å². The number of aromatic hydroxyl groups is 3. The van der Waals surface area contributed by atoms with E-state index in [0.717, 1.165) is 0 Å². The van der Waals surface area contributed by atoms with E-state index in [-0.39, 0.29) is 69.6 Å². The third-order valence-corrected chi connectivity index (χ3v) is 7.11. The van der Waals surface area contributed by atoms with Crippen LogP contribution in [0, 0.1) is 37.3 Å². The van der Waals surface area contributed by atoms with Gasteiger partial charge in [-0.05, 0) is 54.6 Å². The van der Waals surface area contributed by atoms with Crippen LogP contribution in [0.4, 0.5) is 0 Å². The van der Waals surface area contributed by atoms with Gasteiger partial charge in [0.1, 0.15) is 16.6 Å². The quantitative estimate of drug-likeness (QED) is 0.141. The van der Waals surface area contributed by atoms with Crippen LogP contribution < -0.4 is 0 Å². The minimum absolute atomic E-state index is 0. The van der Waals surface area contributed by atoms with Crippen molar-refractivity contribution in [2.24, 2.45) is 0 Å². The van der Waals surface area contributed by atoms with Gasteiger partial charge in [0.05, 0.1) is 30.1 Å². The molecule has 0 spiro atoms. The zero-order valence-corrected chi connectivity index (χ0v) is 26.1. The molecule has 6 rings (SSSR count). The summed E-state index contributed by atoms with van der Waals surface area (Å²) in [5, 5.41) is 32.8. The maximum Gasteiger partial charge on any atom is 0.160 e. The van der Waals surface area contributed by atoms with Crippen LogP contribution in [-0.4, -0.2) is 30.3 Å². The van der Waals surface area contributed by atoms with Crippen molar-refractivity contribution in [3.8, 4) is 17.2 Å². The molecule has 3 N–H and O–H groups in total. The number of nitrogens with zero attached hydrogens (tertiary/aromatic N) is 3. The summed E-state index contributed by atoms with van der Waals surface area (Å²) in [5.41, 5.74) is 1.29. The van der Waals surface area contributed by atoms with Crippen LogP contribution in [0.25, 0.3) is 32.7 Å². The fourth-order valence-corrected chi connectivity index (χ4v) is 5.02. The summed E-state index contributed by atoms with van der Waals surface area (Å²) < 4.78 is 0. The van der Waals surface area contributed by atoms with Crippen molar-refractivity contribution in [3.05, 3.63) is 103 Å². The molecule has 6 aromatic rings. The number of phenols is 3. The normalized spacial score (nSPS) is 10.3. The van der Waals surface area contributed by atoms with Gasteiger partial charge in [0.25, 0.3) is 0 Å². The first kappa shape index (κ1) is 32.8. The Morgan fingerprint density at radius 3 is 0.925 bits per heavy atom. The fourth-order valence-electron chi connectivity index (χ4n) is 3.47. The molecule has 40 heavy (non-hydrogen) atoms. The Balaban J connectivity index is 0.000000163. The zero-order valence-electron chi connectivity index (χ0n) is 19.7. The predicted molar refractivity (Wildman–Crippen MR) is 160 cm³/mol. The largest absolute Gasteiger partial charge is 0.504 e. The minimum atomic E-state index is -0.0262. The average molecular weight is 809 g/mol. The van der Waals surface area contributed by atoms with Crippen LogP contribution in [0.1, 0.15) is 0 Å². The Morgan fingerprint density at radius 2 is 0.675 bits per heavy atom. The smallest absolute Gasteiger partial charge is 0.160 e. The van der Waals surface area contributed by atoms with Gasteiger partial charge in [-0.15, -0.1) is 0 Å². The van der Waals surface area contributed by atoms with Crippen LogP contribution in [-0.2, 0) is 0 Å². The fraction of sp³-hybridized carbons (Fsp3) is 0. The number of rotatable bonds is 0. The van der Waals surface area contributed by atoms with Gasteiger partial charge >= 0.3 is 0 Å². The molecule has 0 saturated carbocycles. The summed E-state index contributed by atoms with van der Waals surface area (Å²) in [6, 6.07) is 15.1. The Morgan fingerprint density at radius 1 is 0.425 bits per heavy atom. The number of phenolic OH excluding ortho intramolecular Hbond substituents is 3. The minimum Gasteiger partial charge on any atom is -0.504 e. The van der Waals surface area contributed by atoms with Crippen LogP contribution in [0.15, 0.2) is 73.2 Å². The molecule has 0 atom stereocenters. The van der Waals surface area contributed by atoms with Crippen LogP contribution in [0.3, 0.4) is 0 Å². The molecule has 0 unspecified atom stereocenters. The van der Waals surface area contributed by atoms with Crippen molar-refractivity contribution in [2.75, 3.05) is 0 Å². The van der Waals surface area contributed by atoms with E-state index in [4.69, 9.17) is 69.6 Å². The number of pyridine rings is 3. The molecule has 0 aliphatic carbocycles. The molecule has 3 aromatic carbocycles. The van der Waals surface area contributed by atoms with Crippen molar-refractivity contribution in [3.63, 3.8) is 0 Å². The van der Waals surface area contributed by atoms with Crippen LogP contribution in [0.5, 0.6) is 17.2 Å². The van der Waals surface area contributed by atoms with Crippen molar-refractivity contribution in [1.82, 2.24) is 15.0 Å². The van der Waals surface area contributed by atoms with Gasteiger partial charge in [-0.3, -0.25) is 15.0 Å². The first-order valence-corrected chi connectivity index (χ1v) is 13.1. The van der Waals surface area contributed by atoms with Crippen molar-refractivity contribution >= 4 is 102 Å². The maximum atomic E-state index is 9.53. The van der Waals surface area contributed by atoms with E-state index in [0.29, 0.717) is 47.8 Å².